The van der Waals surface area contributed by atoms with Gasteiger partial charge in [0.1, 0.15) is 12.4 Å². The Labute approximate surface area is 215 Å². The van der Waals surface area contributed by atoms with Gasteiger partial charge >= 0.3 is 0 Å². The summed E-state index contributed by atoms with van der Waals surface area (Å²) < 4.78 is 2.58. The monoisotopic (exact) mass is 475 g/mol. The molecule has 2 unspecified atom stereocenters. The molecular weight excluding hydrogens is 412 g/mol. The topological polar surface area (TPSA) is 19.7 Å². The molecule has 0 saturated carbocycles. The molecule has 0 aliphatic heterocycles. The number of hydrogen-bond donors (Lipinski definition) is 1. The number of hydrogen-bond acceptors (Lipinski definition) is 0. The van der Waals surface area contributed by atoms with E-state index >= 15 is 0 Å². The van der Waals surface area contributed by atoms with E-state index in [1.54, 1.807) is 0 Å². The Hall–Kier alpha value is -0.790. The minimum atomic E-state index is 0.623. The maximum atomic E-state index is 3.65. The molecule has 1 N–H and O–H groups in total. The molecule has 200 valence electrons. The van der Waals surface area contributed by atoms with Gasteiger partial charge in [-0.15, -0.1) is 0 Å². The van der Waals surface area contributed by atoms with E-state index in [1.807, 2.05) is 0 Å². The molecule has 1 aromatic rings. The van der Waals surface area contributed by atoms with Crippen molar-refractivity contribution in [2.75, 3.05) is 0 Å². The fourth-order valence-electron chi connectivity index (χ4n) is 5.60. The zero-order valence-electron chi connectivity index (χ0n) is 24.0. The van der Waals surface area contributed by atoms with Crippen LogP contribution in [0.4, 0.5) is 0 Å². The van der Waals surface area contributed by atoms with Gasteiger partial charge in [0.15, 0.2) is 0 Å². The predicted octanol–water partition coefficient (Wildman–Crippen LogP) is 11.0. The Bertz CT molecular complexity index is 535. The van der Waals surface area contributed by atoms with Crippen molar-refractivity contribution in [2.45, 2.75) is 187 Å². The van der Waals surface area contributed by atoms with E-state index in [0.717, 1.165) is 0 Å². The van der Waals surface area contributed by atoms with Gasteiger partial charge < -0.3 is 0 Å². The van der Waals surface area contributed by atoms with Gasteiger partial charge in [-0.05, 0) is 32.6 Å². The van der Waals surface area contributed by atoms with Crippen molar-refractivity contribution in [1.29, 1.82) is 0 Å². The normalized spacial score (nSPS) is 13.4. The molecule has 0 aliphatic carbocycles. The van der Waals surface area contributed by atoms with E-state index in [2.05, 4.69) is 49.6 Å². The molecule has 2 nitrogen and oxygen atoms in total. The molecule has 0 saturated heterocycles. The van der Waals surface area contributed by atoms with Crippen LogP contribution in [-0.4, -0.2) is 4.98 Å². The maximum absolute atomic E-state index is 3.65. The lowest BCUT2D eigenvalue weighted by Crippen LogP contribution is -2.41. The first-order valence-corrected chi connectivity index (χ1v) is 15.8. The largest absolute Gasteiger partial charge is 0.257 e. The van der Waals surface area contributed by atoms with Gasteiger partial charge in [-0.3, -0.25) is 0 Å². The van der Waals surface area contributed by atoms with Crippen LogP contribution in [0.5, 0.6) is 0 Å². The third kappa shape index (κ3) is 15.3. The minimum Gasteiger partial charge on any atom is -0.247 e. The Morgan fingerprint density at radius 3 is 1.47 bits per heavy atom. The Kier molecular flexibility index (Phi) is 20.8. The van der Waals surface area contributed by atoms with Crippen molar-refractivity contribution >= 4 is 0 Å². The third-order valence-electron chi connectivity index (χ3n) is 7.87. The van der Waals surface area contributed by atoms with Crippen LogP contribution in [0.2, 0.25) is 0 Å². The molecule has 0 aliphatic rings. The number of H-pyrrole nitrogens is 1. The van der Waals surface area contributed by atoms with E-state index in [9.17, 15) is 0 Å². The average molecular weight is 476 g/mol. The summed E-state index contributed by atoms with van der Waals surface area (Å²) in [4.78, 5) is 3.65. The summed E-state index contributed by atoms with van der Waals surface area (Å²) >= 11 is 0. The Balaban J connectivity index is 2.25. The second-order valence-corrected chi connectivity index (χ2v) is 11.2. The highest BCUT2D eigenvalue weighted by Gasteiger charge is 2.24. The van der Waals surface area contributed by atoms with Crippen molar-refractivity contribution in [3.05, 3.63) is 18.2 Å². The van der Waals surface area contributed by atoms with Crippen LogP contribution in [-0.2, 0) is 0 Å². The van der Waals surface area contributed by atoms with Crippen LogP contribution >= 0.6 is 0 Å². The minimum absolute atomic E-state index is 0.623. The van der Waals surface area contributed by atoms with Crippen molar-refractivity contribution in [2.24, 2.45) is 0 Å². The highest BCUT2D eigenvalue weighted by Crippen LogP contribution is 2.26. The van der Waals surface area contributed by atoms with Gasteiger partial charge in [-0.2, -0.15) is 0 Å². The molecule has 1 aromatic heterocycles. The van der Waals surface area contributed by atoms with E-state index in [-0.39, 0.29) is 0 Å². The molecular formula is C32H63N2+. The molecule has 0 bridgehead atoms. The smallest absolute Gasteiger partial charge is 0.247 e. The van der Waals surface area contributed by atoms with Gasteiger partial charge in [0, 0.05) is 0 Å². The van der Waals surface area contributed by atoms with Gasteiger partial charge in [0.05, 0.1) is 12.0 Å². The average Bonchev–Trinajstić information content (AvgIpc) is 3.33. The number of aromatic nitrogens is 2. The maximum Gasteiger partial charge on any atom is 0.257 e. The molecule has 2 atom stereocenters. The SMILES string of the molecule is CCCCCCCCCCCCCC(CCC)c1[nH]cc[n+]1C(C)CCCCCCCCCC. The van der Waals surface area contributed by atoms with Gasteiger partial charge in [0.25, 0.3) is 5.82 Å². The van der Waals surface area contributed by atoms with E-state index in [1.165, 1.54) is 154 Å². The summed E-state index contributed by atoms with van der Waals surface area (Å²) in [5.41, 5.74) is 0. The lowest BCUT2D eigenvalue weighted by Gasteiger charge is -2.16. The quantitative estimate of drug-likeness (QED) is 0.107. The van der Waals surface area contributed by atoms with Crippen LogP contribution in [0.25, 0.3) is 0 Å². The number of nitrogens with zero attached hydrogens (tertiary/aromatic N) is 1. The first-order chi connectivity index (χ1) is 16.7. The summed E-state index contributed by atoms with van der Waals surface area (Å²) in [6, 6.07) is 0.623. The van der Waals surface area contributed by atoms with Crippen molar-refractivity contribution < 1.29 is 4.57 Å². The van der Waals surface area contributed by atoms with Crippen LogP contribution in [0.1, 0.15) is 193 Å². The van der Waals surface area contributed by atoms with Crippen LogP contribution in [0.15, 0.2) is 12.4 Å². The molecule has 1 rings (SSSR count). The molecule has 0 radical (unpaired) electrons. The van der Waals surface area contributed by atoms with Crippen LogP contribution in [0.3, 0.4) is 0 Å². The summed E-state index contributed by atoms with van der Waals surface area (Å²) in [5, 5.41) is 0. The standard InChI is InChI=1S/C32H62N2/c1-5-8-10-12-14-16-17-18-20-22-24-27-31(25-7-3)32-33-28-29-34(32)30(4)26-23-21-19-15-13-11-9-6-2/h28-31H,5-27H2,1-4H3/p+1. The third-order valence-corrected chi connectivity index (χ3v) is 7.87. The number of nitrogens with one attached hydrogen (secondary N) is 1. The lowest BCUT2D eigenvalue weighted by molar-refractivity contribution is -0.727. The first-order valence-electron chi connectivity index (χ1n) is 15.8. The van der Waals surface area contributed by atoms with Gasteiger partial charge in [-0.1, -0.05) is 143 Å². The predicted molar refractivity (Wildman–Crippen MR) is 152 cm³/mol. The van der Waals surface area contributed by atoms with Crippen LogP contribution in [0, 0.1) is 0 Å². The molecule has 1 heterocycles. The highest BCUT2D eigenvalue weighted by atomic mass is 15.1. The second-order valence-electron chi connectivity index (χ2n) is 11.2. The molecule has 0 amide bonds. The summed E-state index contributed by atoms with van der Waals surface area (Å²) in [7, 11) is 0. The van der Waals surface area contributed by atoms with Crippen molar-refractivity contribution in [3.8, 4) is 0 Å². The summed E-state index contributed by atoms with van der Waals surface area (Å²) in [5.74, 6) is 2.21. The first kappa shape index (κ1) is 31.2. The Morgan fingerprint density at radius 2 is 1.00 bits per heavy atom. The van der Waals surface area contributed by atoms with Crippen molar-refractivity contribution in [3.63, 3.8) is 0 Å². The van der Waals surface area contributed by atoms with Gasteiger partial charge in [0.2, 0.25) is 0 Å². The Morgan fingerprint density at radius 1 is 0.559 bits per heavy atom. The van der Waals surface area contributed by atoms with E-state index in [0.29, 0.717) is 12.0 Å². The van der Waals surface area contributed by atoms with Crippen LogP contribution < -0.4 is 4.57 Å². The fourth-order valence-corrected chi connectivity index (χ4v) is 5.60. The zero-order valence-corrected chi connectivity index (χ0v) is 24.0. The van der Waals surface area contributed by atoms with E-state index in [4.69, 9.17) is 0 Å². The molecule has 2 heteroatoms. The number of imidazole rings is 1. The molecule has 0 spiro atoms. The fraction of sp³-hybridized carbons (Fsp3) is 0.906. The molecule has 0 fully saturated rings. The van der Waals surface area contributed by atoms with Gasteiger partial charge in [-0.25, -0.2) is 9.55 Å². The second kappa shape index (κ2) is 22.7. The molecule has 0 aromatic carbocycles. The number of rotatable bonds is 25. The molecule has 34 heavy (non-hydrogen) atoms. The zero-order chi connectivity index (χ0) is 24.7. The summed E-state index contributed by atoms with van der Waals surface area (Å²) in [6.07, 6.45) is 36.9. The lowest BCUT2D eigenvalue weighted by atomic mass is 9.94. The summed E-state index contributed by atoms with van der Waals surface area (Å²) in [6.45, 7) is 9.39. The number of aromatic amines is 1. The van der Waals surface area contributed by atoms with Crippen molar-refractivity contribution in [1.82, 2.24) is 4.98 Å². The van der Waals surface area contributed by atoms with E-state index < -0.39 is 0 Å². The number of unbranched alkanes of at least 4 members (excludes halogenated alkanes) is 17. The highest BCUT2D eigenvalue weighted by molar-refractivity contribution is 4.90.